The summed E-state index contributed by atoms with van der Waals surface area (Å²) in [6, 6.07) is 14.0. The van der Waals surface area contributed by atoms with Crippen molar-refractivity contribution in [3.05, 3.63) is 70.5 Å². The molecule has 2 amide bonds. The third-order valence-electron chi connectivity index (χ3n) is 6.91. The fourth-order valence-electron chi connectivity index (χ4n) is 5.28. The van der Waals surface area contributed by atoms with E-state index in [1.54, 1.807) is 12.1 Å². The second kappa shape index (κ2) is 7.73. The molecule has 2 bridgehead atoms. The number of hydrogen-bond donors (Lipinski definition) is 1. The average Bonchev–Trinajstić information content (AvgIpc) is 2.79. The van der Waals surface area contributed by atoms with Crippen LogP contribution in [-0.4, -0.2) is 48.1 Å². The minimum absolute atomic E-state index is 0.0731. The SMILES string of the molecule is N#Cc1ccc2c(c1)[C@H](c1ccc(F)cc1)N(C(=O)NC1CN3CCC1CC3)CC2. The minimum Gasteiger partial charge on any atom is -0.334 e. The number of rotatable bonds is 2. The van der Waals surface area contributed by atoms with Crippen molar-refractivity contribution >= 4 is 6.03 Å². The van der Waals surface area contributed by atoms with E-state index in [1.165, 1.54) is 12.1 Å². The van der Waals surface area contributed by atoms with Crippen molar-refractivity contribution in [2.75, 3.05) is 26.2 Å². The van der Waals surface area contributed by atoms with Gasteiger partial charge in [0.05, 0.1) is 17.7 Å². The highest BCUT2D eigenvalue weighted by molar-refractivity contribution is 5.76. The van der Waals surface area contributed by atoms with Gasteiger partial charge in [-0.1, -0.05) is 18.2 Å². The van der Waals surface area contributed by atoms with Crippen molar-refractivity contribution in [1.29, 1.82) is 5.26 Å². The Balaban J connectivity index is 1.47. The maximum absolute atomic E-state index is 13.6. The zero-order valence-corrected chi connectivity index (χ0v) is 16.9. The van der Waals surface area contributed by atoms with E-state index in [9.17, 15) is 14.4 Å². The van der Waals surface area contributed by atoms with Gasteiger partial charge in [0.2, 0.25) is 0 Å². The summed E-state index contributed by atoms with van der Waals surface area (Å²) in [5.41, 5.74) is 3.52. The van der Waals surface area contributed by atoms with Crippen LogP contribution < -0.4 is 5.32 Å². The third-order valence-corrected chi connectivity index (χ3v) is 6.91. The lowest BCUT2D eigenvalue weighted by molar-refractivity contribution is 0.0715. The van der Waals surface area contributed by atoms with Gasteiger partial charge in [-0.25, -0.2) is 9.18 Å². The molecule has 4 heterocycles. The van der Waals surface area contributed by atoms with Crippen LogP contribution in [0.5, 0.6) is 0 Å². The maximum atomic E-state index is 13.6. The standard InChI is InChI=1S/C24H25FN4O/c25-20-5-3-19(4-6-20)23-21-13-16(14-26)1-2-17(21)9-12-29(23)24(30)27-22-15-28-10-7-18(22)8-11-28/h1-6,13,18,22-23H,7-12,15H2,(H,27,30)/t22?,23-/m0/s1. The van der Waals surface area contributed by atoms with Crippen LogP contribution >= 0.6 is 0 Å². The molecule has 5 nitrogen and oxygen atoms in total. The first-order valence-corrected chi connectivity index (χ1v) is 10.7. The van der Waals surface area contributed by atoms with Crippen LogP contribution in [0.25, 0.3) is 0 Å². The Kier molecular flexibility index (Phi) is 4.92. The lowest BCUT2D eigenvalue weighted by atomic mass is 9.84. The Morgan fingerprint density at radius 2 is 1.87 bits per heavy atom. The van der Waals surface area contributed by atoms with Gasteiger partial charge >= 0.3 is 6.03 Å². The molecule has 4 aliphatic heterocycles. The van der Waals surface area contributed by atoms with Gasteiger partial charge in [0.25, 0.3) is 0 Å². The molecule has 0 aliphatic carbocycles. The van der Waals surface area contributed by atoms with E-state index in [0.717, 1.165) is 55.6 Å². The normalized spacial score (nSPS) is 27.3. The number of halogens is 1. The zero-order valence-electron chi connectivity index (χ0n) is 16.9. The van der Waals surface area contributed by atoms with Gasteiger partial charge in [-0.3, -0.25) is 0 Å². The van der Waals surface area contributed by atoms with Gasteiger partial charge in [0.1, 0.15) is 5.82 Å². The largest absolute Gasteiger partial charge is 0.334 e. The van der Waals surface area contributed by atoms with E-state index in [0.29, 0.717) is 18.0 Å². The van der Waals surface area contributed by atoms with Crippen molar-refractivity contribution < 1.29 is 9.18 Å². The lowest BCUT2D eigenvalue weighted by Gasteiger charge is -2.46. The lowest BCUT2D eigenvalue weighted by Crippen LogP contribution is -2.59. The molecule has 3 saturated heterocycles. The maximum Gasteiger partial charge on any atom is 0.318 e. The van der Waals surface area contributed by atoms with Crippen molar-refractivity contribution in [2.24, 2.45) is 5.92 Å². The second-order valence-electron chi connectivity index (χ2n) is 8.62. The molecule has 1 unspecified atom stereocenters. The van der Waals surface area contributed by atoms with E-state index in [1.807, 2.05) is 23.1 Å². The molecule has 1 N–H and O–H groups in total. The first kappa shape index (κ1) is 19.1. The van der Waals surface area contributed by atoms with E-state index >= 15 is 0 Å². The molecule has 6 rings (SSSR count). The van der Waals surface area contributed by atoms with E-state index in [4.69, 9.17) is 0 Å². The molecule has 0 radical (unpaired) electrons. The van der Waals surface area contributed by atoms with Gasteiger partial charge < -0.3 is 15.1 Å². The van der Waals surface area contributed by atoms with Gasteiger partial charge in [-0.15, -0.1) is 0 Å². The van der Waals surface area contributed by atoms with Crippen molar-refractivity contribution in [3.63, 3.8) is 0 Å². The topological polar surface area (TPSA) is 59.4 Å². The van der Waals surface area contributed by atoms with Crippen LogP contribution in [0.15, 0.2) is 42.5 Å². The van der Waals surface area contributed by atoms with Crippen molar-refractivity contribution in [1.82, 2.24) is 15.1 Å². The van der Waals surface area contributed by atoms with Crippen molar-refractivity contribution in [3.8, 4) is 6.07 Å². The third kappa shape index (κ3) is 3.44. The van der Waals surface area contributed by atoms with Crippen LogP contribution in [0, 0.1) is 23.1 Å². The summed E-state index contributed by atoms with van der Waals surface area (Å²) in [4.78, 5) is 17.7. The number of nitrogens with zero attached hydrogens (tertiary/aromatic N) is 3. The molecular weight excluding hydrogens is 379 g/mol. The Hall–Kier alpha value is -2.91. The van der Waals surface area contributed by atoms with Crippen LogP contribution in [0.3, 0.4) is 0 Å². The number of nitriles is 1. The number of fused-ring (bicyclic) bond motifs is 4. The second-order valence-corrected chi connectivity index (χ2v) is 8.62. The monoisotopic (exact) mass is 404 g/mol. The van der Waals surface area contributed by atoms with E-state index < -0.39 is 0 Å². The molecule has 6 heteroatoms. The van der Waals surface area contributed by atoms with Crippen LogP contribution in [0.4, 0.5) is 9.18 Å². The number of hydrogen-bond acceptors (Lipinski definition) is 3. The zero-order chi connectivity index (χ0) is 20.7. The Bertz CT molecular complexity index is 991. The summed E-state index contributed by atoms with van der Waals surface area (Å²) >= 11 is 0. The number of amides is 2. The molecule has 154 valence electrons. The molecule has 30 heavy (non-hydrogen) atoms. The Morgan fingerprint density at radius 3 is 2.53 bits per heavy atom. The summed E-state index contributed by atoms with van der Waals surface area (Å²) in [7, 11) is 0. The summed E-state index contributed by atoms with van der Waals surface area (Å²) in [5.74, 6) is 0.245. The molecule has 0 aromatic heterocycles. The predicted octanol–water partition coefficient (Wildman–Crippen LogP) is 3.45. The molecule has 2 aromatic rings. The summed E-state index contributed by atoms with van der Waals surface area (Å²) in [5, 5.41) is 12.7. The predicted molar refractivity (Wildman–Crippen MR) is 111 cm³/mol. The molecular formula is C24H25FN4O. The molecule has 2 atom stereocenters. The molecule has 0 saturated carbocycles. The number of benzene rings is 2. The molecule has 0 spiro atoms. The number of carbonyl (C=O) groups is 1. The van der Waals surface area contributed by atoms with Gasteiger partial charge in [-0.05, 0) is 79.2 Å². The minimum atomic E-state index is -0.330. The fourth-order valence-corrected chi connectivity index (χ4v) is 5.28. The first-order chi connectivity index (χ1) is 14.6. The Labute approximate surface area is 176 Å². The van der Waals surface area contributed by atoms with Gasteiger partial charge in [-0.2, -0.15) is 5.26 Å². The van der Waals surface area contributed by atoms with Crippen LogP contribution in [0.1, 0.15) is 41.1 Å². The number of urea groups is 1. The highest BCUT2D eigenvalue weighted by atomic mass is 19.1. The summed E-state index contributed by atoms with van der Waals surface area (Å²) in [6.07, 6.45) is 3.02. The fraction of sp³-hybridized carbons (Fsp3) is 0.417. The first-order valence-electron chi connectivity index (χ1n) is 10.7. The smallest absolute Gasteiger partial charge is 0.318 e. The highest BCUT2D eigenvalue weighted by Gasteiger charge is 2.38. The van der Waals surface area contributed by atoms with Crippen molar-refractivity contribution in [2.45, 2.75) is 31.3 Å². The quantitative estimate of drug-likeness (QED) is 0.834. The summed E-state index contributed by atoms with van der Waals surface area (Å²) in [6.45, 7) is 3.76. The Morgan fingerprint density at radius 1 is 1.10 bits per heavy atom. The van der Waals surface area contributed by atoms with Crippen LogP contribution in [0.2, 0.25) is 0 Å². The van der Waals surface area contributed by atoms with Crippen LogP contribution in [-0.2, 0) is 6.42 Å². The molecule has 4 aliphatic rings. The van der Waals surface area contributed by atoms with E-state index in [-0.39, 0.29) is 23.9 Å². The van der Waals surface area contributed by atoms with E-state index in [2.05, 4.69) is 16.3 Å². The number of carbonyl (C=O) groups excluding carboxylic acids is 1. The van der Waals surface area contributed by atoms with Gasteiger partial charge in [0.15, 0.2) is 0 Å². The van der Waals surface area contributed by atoms with Gasteiger partial charge in [0, 0.05) is 19.1 Å². The summed E-state index contributed by atoms with van der Waals surface area (Å²) < 4.78 is 13.6. The highest BCUT2D eigenvalue weighted by Crippen LogP contribution is 2.36. The molecule has 2 aromatic carbocycles. The average molecular weight is 404 g/mol. The molecule has 3 fully saturated rings. The number of nitrogens with one attached hydrogen (secondary N) is 1. The number of piperidine rings is 3.